The van der Waals surface area contributed by atoms with E-state index in [2.05, 4.69) is 23.9 Å². The Kier molecular flexibility index (Phi) is 5.21. The van der Waals surface area contributed by atoms with Crippen molar-refractivity contribution in [1.82, 2.24) is 4.90 Å². The molecular formula is C12H25N3O2. The lowest BCUT2D eigenvalue weighted by Gasteiger charge is -2.30. The summed E-state index contributed by atoms with van der Waals surface area (Å²) in [6.07, 6.45) is 3.03. The minimum Gasteiger partial charge on any atom is -0.409 e. The van der Waals surface area contributed by atoms with Crippen LogP contribution in [0.4, 0.5) is 0 Å². The molecule has 1 rings (SSSR count). The van der Waals surface area contributed by atoms with Crippen LogP contribution in [0, 0.1) is 5.41 Å². The lowest BCUT2D eigenvalue weighted by atomic mass is 10.0. The highest BCUT2D eigenvalue weighted by Crippen LogP contribution is 2.49. The number of rotatable bonds is 8. The summed E-state index contributed by atoms with van der Waals surface area (Å²) in [5.41, 5.74) is 5.84. The molecule has 0 unspecified atom stereocenters. The van der Waals surface area contributed by atoms with Gasteiger partial charge in [-0.2, -0.15) is 0 Å². The van der Waals surface area contributed by atoms with Crippen LogP contribution in [0.1, 0.15) is 33.1 Å². The first-order valence-corrected chi connectivity index (χ1v) is 6.22. The predicted octanol–water partition coefficient (Wildman–Crippen LogP) is 1.26. The van der Waals surface area contributed by atoms with Crippen LogP contribution in [-0.2, 0) is 4.74 Å². The molecule has 100 valence electrons. The number of methoxy groups -OCH3 is 1. The van der Waals surface area contributed by atoms with Crippen LogP contribution in [-0.4, -0.2) is 48.8 Å². The van der Waals surface area contributed by atoms with Gasteiger partial charge in [0.15, 0.2) is 0 Å². The van der Waals surface area contributed by atoms with Gasteiger partial charge in [0.05, 0.1) is 6.61 Å². The molecule has 0 spiro atoms. The molecule has 0 aromatic carbocycles. The Bertz CT molecular complexity index is 262. The molecule has 5 heteroatoms. The van der Waals surface area contributed by atoms with Crippen molar-refractivity contribution in [3.63, 3.8) is 0 Å². The normalized spacial score (nSPS) is 19.0. The van der Waals surface area contributed by atoms with Crippen LogP contribution in [0.5, 0.6) is 0 Å². The molecule has 3 N–H and O–H groups in total. The molecule has 1 aliphatic carbocycles. The molecule has 0 atom stereocenters. The van der Waals surface area contributed by atoms with Gasteiger partial charge >= 0.3 is 0 Å². The van der Waals surface area contributed by atoms with Gasteiger partial charge in [-0.3, -0.25) is 4.90 Å². The molecule has 5 nitrogen and oxygen atoms in total. The predicted molar refractivity (Wildman–Crippen MR) is 68.3 cm³/mol. The number of nitrogens with zero attached hydrogens (tertiary/aromatic N) is 2. The zero-order valence-corrected chi connectivity index (χ0v) is 11.1. The summed E-state index contributed by atoms with van der Waals surface area (Å²) in [6.45, 7) is 7.07. The van der Waals surface area contributed by atoms with Gasteiger partial charge < -0.3 is 15.7 Å². The van der Waals surface area contributed by atoms with Crippen LogP contribution in [0.2, 0.25) is 0 Å². The molecule has 0 amide bonds. The molecule has 0 aromatic rings. The topological polar surface area (TPSA) is 71.1 Å². The summed E-state index contributed by atoms with van der Waals surface area (Å²) in [4.78, 5) is 2.40. The number of ether oxygens (including phenoxy) is 1. The van der Waals surface area contributed by atoms with Gasteiger partial charge in [0.2, 0.25) is 0 Å². The third-order valence-corrected chi connectivity index (χ3v) is 3.49. The minimum absolute atomic E-state index is 0.230. The van der Waals surface area contributed by atoms with Crippen molar-refractivity contribution in [2.75, 3.05) is 26.8 Å². The number of hydrogen-bond acceptors (Lipinski definition) is 4. The van der Waals surface area contributed by atoms with E-state index in [1.165, 1.54) is 12.8 Å². The van der Waals surface area contributed by atoms with Crippen LogP contribution in [0.3, 0.4) is 0 Å². The van der Waals surface area contributed by atoms with E-state index in [9.17, 15) is 0 Å². The average Bonchev–Trinajstić information content (AvgIpc) is 3.03. The Morgan fingerprint density at radius 2 is 2.18 bits per heavy atom. The first-order valence-electron chi connectivity index (χ1n) is 6.22. The molecule has 1 aliphatic rings. The molecule has 1 fully saturated rings. The molecule has 0 heterocycles. The van der Waals surface area contributed by atoms with Gasteiger partial charge in [0, 0.05) is 32.7 Å². The Morgan fingerprint density at radius 1 is 1.53 bits per heavy atom. The van der Waals surface area contributed by atoms with E-state index in [1.54, 1.807) is 7.11 Å². The third-order valence-electron chi connectivity index (χ3n) is 3.49. The summed E-state index contributed by atoms with van der Waals surface area (Å²) in [5.74, 6) is 0.345. The third kappa shape index (κ3) is 4.52. The van der Waals surface area contributed by atoms with Crippen molar-refractivity contribution >= 4 is 5.84 Å². The minimum atomic E-state index is 0.230. The van der Waals surface area contributed by atoms with Crippen LogP contribution in [0.15, 0.2) is 5.16 Å². The fraction of sp³-hybridized carbons (Fsp3) is 0.917. The Hall–Kier alpha value is -0.810. The average molecular weight is 243 g/mol. The molecular weight excluding hydrogens is 218 g/mol. The smallest absolute Gasteiger partial charge is 0.139 e. The Balaban J connectivity index is 2.48. The fourth-order valence-electron chi connectivity index (χ4n) is 2.15. The molecule has 1 saturated carbocycles. The van der Waals surface area contributed by atoms with Crippen LogP contribution in [0.25, 0.3) is 0 Å². The van der Waals surface area contributed by atoms with Gasteiger partial charge in [-0.15, -0.1) is 0 Å². The maximum Gasteiger partial charge on any atom is 0.139 e. The number of amidine groups is 1. The quantitative estimate of drug-likeness (QED) is 0.291. The zero-order valence-electron chi connectivity index (χ0n) is 11.1. The van der Waals surface area contributed by atoms with E-state index in [0.717, 1.165) is 19.7 Å². The van der Waals surface area contributed by atoms with Gasteiger partial charge in [-0.1, -0.05) is 5.16 Å². The summed E-state index contributed by atoms with van der Waals surface area (Å²) in [6, 6.07) is 0.495. The molecule has 0 saturated heterocycles. The summed E-state index contributed by atoms with van der Waals surface area (Å²) in [5, 5.41) is 11.7. The monoisotopic (exact) mass is 243 g/mol. The largest absolute Gasteiger partial charge is 0.409 e. The van der Waals surface area contributed by atoms with Crippen molar-refractivity contribution in [2.24, 2.45) is 16.3 Å². The Morgan fingerprint density at radius 3 is 2.59 bits per heavy atom. The zero-order chi connectivity index (χ0) is 12.9. The maximum absolute atomic E-state index is 8.64. The molecule has 0 bridgehead atoms. The van der Waals surface area contributed by atoms with E-state index in [-0.39, 0.29) is 5.41 Å². The second-order valence-electron chi connectivity index (χ2n) is 5.33. The highest BCUT2D eigenvalue weighted by Gasteiger charge is 2.44. The summed E-state index contributed by atoms with van der Waals surface area (Å²) < 4.78 is 5.13. The van der Waals surface area contributed by atoms with E-state index in [1.807, 2.05) is 0 Å². The fourth-order valence-corrected chi connectivity index (χ4v) is 2.15. The highest BCUT2D eigenvalue weighted by atomic mass is 16.5. The van der Waals surface area contributed by atoms with Crippen molar-refractivity contribution in [1.29, 1.82) is 0 Å². The number of hydrogen-bond donors (Lipinski definition) is 2. The second-order valence-corrected chi connectivity index (χ2v) is 5.33. The SMILES string of the molecule is COCCN(CC1(CC(N)=NO)CC1)C(C)C. The summed E-state index contributed by atoms with van der Waals surface area (Å²) >= 11 is 0. The van der Waals surface area contributed by atoms with Crippen LogP contribution >= 0.6 is 0 Å². The lowest BCUT2D eigenvalue weighted by molar-refractivity contribution is 0.113. The first kappa shape index (κ1) is 14.3. The molecule has 0 radical (unpaired) electrons. The van der Waals surface area contributed by atoms with Crippen molar-refractivity contribution < 1.29 is 9.94 Å². The summed E-state index contributed by atoms with van der Waals surface area (Å²) in [7, 11) is 1.72. The maximum atomic E-state index is 8.64. The number of nitrogens with two attached hydrogens (primary N) is 1. The van der Waals surface area contributed by atoms with E-state index < -0.39 is 0 Å². The Labute approximate surface area is 104 Å². The van der Waals surface area contributed by atoms with E-state index in [4.69, 9.17) is 15.7 Å². The van der Waals surface area contributed by atoms with E-state index >= 15 is 0 Å². The van der Waals surface area contributed by atoms with Crippen molar-refractivity contribution in [3.05, 3.63) is 0 Å². The molecule has 0 aliphatic heterocycles. The van der Waals surface area contributed by atoms with Crippen molar-refractivity contribution in [2.45, 2.75) is 39.2 Å². The van der Waals surface area contributed by atoms with Crippen LogP contribution < -0.4 is 5.73 Å². The standard InChI is InChI=1S/C12H25N3O2/c1-10(2)15(6-7-17-3)9-12(4-5-12)8-11(13)14-16/h10,16H,4-9H2,1-3H3,(H2,13,14). The van der Waals surface area contributed by atoms with Gasteiger partial charge in [-0.25, -0.2) is 0 Å². The molecule has 17 heavy (non-hydrogen) atoms. The molecule has 0 aromatic heterocycles. The lowest BCUT2D eigenvalue weighted by Crippen LogP contribution is -2.39. The highest BCUT2D eigenvalue weighted by molar-refractivity contribution is 5.80. The first-order chi connectivity index (χ1) is 8.03. The van der Waals surface area contributed by atoms with Gasteiger partial charge in [0.25, 0.3) is 0 Å². The van der Waals surface area contributed by atoms with Gasteiger partial charge in [-0.05, 0) is 32.1 Å². The second kappa shape index (κ2) is 6.21. The van der Waals surface area contributed by atoms with Crippen molar-refractivity contribution in [3.8, 4) is 0 Å². The van der Waals surface area contributed by atoms with Gasteiger partial charge in [0.1, 0.15) is 5.84 Å². The number of oxime groups is 1. The van der Waals surface area contributed by atoms with E-state index in [0.29, 0.717) is 18.3 Å².